The average Bonchev–Trinajstić information content (AvgIpc) is 2.28. The number of hydrogen-bond acceptors (Lipinski definition) is 2. The predicted molar refractivity (Wildman–Crippen MR) is 85.1 cm³/mol. The molecule has 1 atom stereocenters. The van der Waals surface area contributed by atoms with E-state index in [0.717, 1.165) is 8.04 Å². The summed E-state index contributed by atoms with van der Waals surface area (Å²) >= 11 is 10.3. The summed E-state index contributed by atoms with van der Waals surface area (Å²) < 4.78 is 1.79. The van der Waals surface area contributed by atoms with E-state index in [2.05, 4.69) is 43.8 Å². The molecule has 0 radical (unpaired) electrons. The Labute approximate surface area is 128 Å². The van der Waals surface area contributed by atoms with Gasteiger partial charge in [0.1, 0.15) is 0 Å². The standard InChI is InChI=1S/C11H12BrIN2OS/c1-6(10(14)17)5-15-11(16)8-4-7(12)2-3-9(8)13/h2-4,6H,5H2,1H3,(H2,14,17)(H,15,16). The molecule has 3 nitrogen and oxygen atoms in total. The zero-order valence-corrected chi connectivity index (χ0v) is 13.7. The number of nitrogens with two attached hydrogens (primary N) is 1. The predicted octanol–water partition coefficient (Wildman–Crippen LogP) is 2.71. The second-order valence-electron chi connectivity index (χ2n) is 3.64. The molecule has 1 aromatic rings. The molecule has 1 aromatic carbocycles. The lowest BCUT2D eigenvalue weighted by Crippen LogP contribution is -2.33. The van der Waals surface area contributed by atoms with Crippen molar-refractivity contribution in [1.82, 2.24) is 5.32 Å². The lowest BCUT2D eigenvalue weighted by Gasteiger charge is -2.11. The van der Waals surface area contributed by atoms with Crippen LogP contribution in [0.3, 0.4) is 0 Å². The molecule has 0 saturated heterocycles. The lowest BCUT2D eigenvalue weighted by molar-refractivity contribution is 0.0950. The first kappa shape index (κ1) is 14.8. The Hall–Kier alpha value is -0.210. The molecule has 0 heterocycles. The van der Waals surface area contributed by atoms with Gasteiger partial charge in [-0.15, -0.1) is 0 Å². The van der Waals surface area contributed by atoms with E-state index >= 15 is 0 Å². The SMILES string of the molecule is CC(CNC(=O)c1cc(Br)ccc1I)C(N)=S. The van der Waals surface area contributed by atoms with Gasteiger partial charge in [-0.25, -0.2) is 0 Å². The molecule has 0 saturated carbocycles. The molecular weight excluding hydrogens is 415 g/mol. The Kier molecular flexibility index (Phi) is 5.81. The molecule has 6 heteroatoms. The third-order valence-corrected chi connectivity index (χ3v) is 4.06. The highest BCUT2D eigenvalue weighted by Crippen LogP contribution is 2.18. The molecule has 0 aliphatic heterocycles. The number of benzene rings is 1. The monoisotopic (exact) mass is 426 g/mol. The highest BCUT2D eigenvalue weighted by atomic mass is 127. The first-order chi connectivity index (χ1) is 7.91. The lowest BCUT2D eigenvalue weighted by atomic mass is 10.1. The second-order valence-corrected chi connectivity index (χ2v) is 6.19. The second kappa shape index (κ2) is 6.65. The molecule has 0 aromatic heterocycles. The summed E-state index contributed by atoms with van der Waals surface area (Å²) in [6.07, 6.45) is 0. The molecule has 0 bridgehead atoms. The summed E-state index contributed by atoms with van der Waals surface area (Å²) in [4.78, 5) is 12.3. The number of carbonyl (C=O) groups excluding carboxylic acids is 1. The summed E-state index contributed by atoms with van der Waals surface area (Å²) in [6.45, 7) is 2.34. The number of rotatable bonds is 4. The van der Waals surface area contributed by atoms with E-state index in [1.54, 1.807) is 6.07 Å². The number of nitrogens with one attached hydrogen (secondary N) is 1. The van der Waals surface area contributed by atoms with Gasteiger partial charge in [0.25, 0.3) is 5.91 Å². The first-order valence-corrected chi connectivity index (χ1v) is 7.22. The van der Waals surface area contributed by atoms with Crippen LogP contribution in [0, 0.1) is 9.49 Å². The average molecular weight is 427 g/mol. The number of halogens is 2. The molecule has 1 amide bonds. The van der Waals surface area contributed by atoms with E-state index in [9.17, 15) is 4.79 Å². The number of hydrogen-bond donors (Lipinski definition) is 2. The van der Waals surface area contributed by atoms with Gasteiger partial charge in [-0.2, -0.15) is 0 Å². The van der Waals surface area contributed by atoms with Gasteiger partial charge in [-0.05, 0) is 40.8 Å². The fourth-order valence-electron chi connectivity index (χ4n) is 1.11. The molecular formula is C11H12BrIN2OS. The van der Waals surface area contributed by atoms with E-state index in [0.29, 0.717) is 17.1 Å². The van der Waals surface area contributed by atoms with Crippen LogP contribution in [0.2, 0.25) is 0 Å². The Morgan fingerprint density at radius 2 is 2.29 bits per heavy atom. The minimum Gasteiger partial charge on any atom is -0.393 e. The third kappa shape index (κ3) is 4.51. The summed E-state index contributed by atoms with van der Waals surface area (Å²) in [5.41, 5.74) is 6.13. The van der Waals surface area contributed by atoms with E-state index in [1.165, 1.54) is 0 Å². The number of amides is 1. The molecule has 0 aliphatic rings. The Balaban J connectivity index is 2.70. The van der Waals surface area contributed by atoms with Gasteiger partial charge in [0.05, 0.1) is 10.6 Å². The van der Waals surface area contributed by atoms with Crippen molar-refractivity contribution in [2.24, 2.45) is 11.7 Å². The maximum atomic E-state index is 11.9. The van der Waals surface area contributed by atoms with Crippen LogP contribution < -0.4 is 11.1 Å². The maximum Gasteiger partial charge on any atom is 0.252 e. The zero-order chi connectivity index (χ0) is 13.0. The molecule has 3 N–H and O–H groups in total. The van der Waals surface area contributed by atoms with Crippen molar-refractivity contribution in [2.75, 3.05) is 6.54 Å². The third-order valence-electron chi connectivity index (χ3n) is 2.23. The smallest absolute Gasteiger partial charge is 0.252 e. The summed E-state index contributed by atoms with van der Waals surface area (Å²) in [7, 11) is 0. The molecule has 0 aliphatic carbocycles. The van der Waals surface area contributed by atoms with Gasteiger partial charge in [0, 0.05) is 20.5 Å². The van der Waals surface area contributed by atoms with Crippen LogP contribution >= 0.6 is 50.7 Å². The highest BCUT2D eigenvalue weighted by Gasteiger charge is 2.12. The Morgan fingerprint density at radius 3 is 2.88 bits per heavy atom. The van der Waals surface area contributed by atoms with Gasteiger partial charge in [-0.1, -0.05) is 35.1 Å². The summed E-state index contributed by atoms with van der Waals surface area (Å²) in [5, 5.41) is 2.82. The zero-order valence-electron chi connectivity index (χ0n) is 9.17. The first-order valence-electron chi connectivity index (χ1n) is 4.94. The van der Waals surface area contributed by atoms with Gasteiger partial charge in [-0.3, -0.25) is 4.79 Å². The van der Waals surface area contributed by atoms with Crippen LogP contribution in [0.25, 0.3) is 0 Å². The van der Waals surface area contributed by atoms with Crippen LogP contribution in [0.4, 0.5) is 0 Å². The van der Waals surface area contributed by atoms with Crippen molar-refractivity contribution in [3.05, 3.63) is 31.8 Å². The van der Waals surface area contributed by atoms with Crippen molar-refractivity contribution >= 4 is 61.6 Å². The summed E-state index contributed by atoms with van der Waals surface area (Å²) in [6, 6.07) is 5.58. The van der Waals surface area contributed by atoms with Gasteiger partial charge >= 0.3 is 0 Å². The van der Waals surface area contributed by atoms with E-state index in [-0.39, 0.29) is 11.8 Å². The molecule has 1 rings (SSSR count). The van der Waals surface area contributed by atoms with Crippen LogP contribution in [0.15, 0.2) is 22.7 Å². The van der Waals surface area contributed by atoms with Gasteiger partial charge < -0.3 is 11.1 Å². The van der Waals surface area contributed by atoms with Crippen molar-refractivity contribution in [2.45, 2.75) is 6.92 Å². The Bertz CT molecular complexity index is 453. The minimum atomic E-state index is -0.112. The fourth-order valence-corrected chi connectivity index (χ4v) is 2.14. The molecule has 0 fully saturated rings. The van der Waals surface area contributed by atoms with Crippen molar-refractivity contribution in [3.8, 4) is 0 Å². The molecule has 17 heavy (non-hydrogen) atoms. The largest absolute Gasteiger partial charge is 0.393 e. The maximum absolute atomic E-state index is 11.9. The normalized spacial score (nSPS) is 11.9. The van der Waals surface area contributed by atoms with Crippen LogP contribution in [0.1, 0.15) is 17.3 Å². The van der Waals surface area contributed by atoms with E-state index in [1.807, 2.05) is 19.1 Å². The Morgan fingerprint density at radius 1 is 1.65 bits per heavy atom. The van der Waals surface area contributed by atoms with Gasteiger partial charge in [0.2, 0.25) is 0 Å². The van der Waals surface area contributed by atoms with Crippen LogP contribution in [-0.4, -0.2) is 17.4 Å². The van der Waals surface area contributed by atoms with Crippen LogP contribution in [-0.2, 0) is 0 Å². The van der Waals surface area contributed by atoms with E-state index in [4.69, 9.17) is 18.0 Å². The van der Waals surface area contributed by atoms with E-state index < -0.39 is 0 Å². The van der Waals surface area contributed by atoms with Crippen LogP contribution in [0.5, 0.6) is 0 Å². The molecule has 0 spiro atoms. The number of thiocarbonyl (C=S) groups is 1. The minimum absolute atomic E-state index is 0.00114. The number of carbonyl (C=O) groups is 1. The van der Waals surface area contributed by atoms with Crippen molar-refractivity contribution in [3.63, 3.8) is 0 Å². The topological polar surface area (TPSA) is 55.1 Å². The van der Waals surface area contributed by atoms with Crippen molar-refractivity contribution < 1.29 is 4.79 Å². The van der Waals surface area contributed by atoms with Crippen molar-refractivity contribution in [1.29, 1.82) is 0 Å². The van der Waals surface area contributed by atoms with Gasteiger partial charge in [0.15, 0.2) is 0 Å². The highest BCUT2D eigenvalue weighted by molar-refractivity contribution is 14.1. The summed E-state index contributed by atoms with van der Waals surface area (Å²) in [5.74, 6) is -0.113. The molecule has 92 valence electrons. The molecule has 1 unspecified atom stereocenters. The fraction of sp³-hybridized carbons (Fsp3) is 0.273. The quantitative estimate of drug-likeness (QED) is 0.574.